The molecule has 2 rings (SSSR count). The van der Waals surface area contributed by atoms with Gasteiger partial charge in [-0.2, -0.15) is 0 Å². The molecule has 0 bridgehead atoms. The zero-order chi connectivity index (χ0) is 14.1. The minimum atomic E-state index is -1.31. The molecule has 0 saturated heterocycles. The number of carbonyl (C=O) groups is 1. The van der Waals surface area contributed by atoms with Crippen LogP contribution in [-0.2, 0) is 10.3 Å². The Hall–Kier alpha value is -1.70. The van der Waals surface area contributed by atoms with Crippen molar-refractivity contribution in [2.45, 2.75) is 37.3 Å². The van der Waals surface area contributed by atoms with Crippen molar-refractivity contribution in [3.8, 4) is 0 Å². The lowest BCUT2D eigenvalue weighted by Gasteiger charge is -2.42. The van der Waals surface area contributed by atoms with E-state index in [0.29, 0.717) is 18.5 Å². The summed E-state index contributed by atoms with van der Waals surface area (Å²) in [4.78, 5) is 16.0. The van der Waals surface area contributed by atoms with Gasteiger partial charge in [-0.1, -0.05) is 24.3 Å². The molecule has 2 unspecified atom stereocenters. The molecule has 1 aromatic rings. The second-order valence-electron chi connectivity index (χ2n) is 5.27. The number of nitrogens with one attached hydrogen (secondary N) is 1. The molecular formula is C15H18N2O2. The van der Waals surface area contributed by atoms with Crippen molar-refractivity contribution in [3.05, 3.63) is 41.2 Å². The summed E-state index contributed by atoms with van der Waals surface area (Å²) in [5.41, 5.74) is -0.934. The number of hydrogen-bond acceptors (Lipinski definition) is 3. The van der Waals surface area contributed by atoms with Gasteiger partial charge in [0.15, 0.2) is 11.5 Å². The van der Waals surface area contributed by atoms with Crippen LogP contribution in [0.4, 0.5) is 5.69 Å². The number of rotatable bonds is 2. The van der Waals surface area contributed by atoms with Gasteiger partial charge in [-0.3, -0.25) is 4.79 Å². The van der Waals surface area contributed by atoms with Crippen LogP contribution in [-0.4, -0.2) is 23.5 Å². The third kappa shape index (κ3) is 2.16. The lowest BCUT2D eigenvalue weighted by molar-refractivity contribution is -0.148. The fraction of sp³-hybridized carbons (Fsp3) is 0.467. The van der Waals surface area contributed by atoms with Crippen LogP contribution >= 0.6 is 0 Å². The maximum absolute atomic E-state index is 12.6. The summed E-state index contributed by atoms with van der Waals surface area (Å²) >= 11 is 0. The van der Waals surface area contributed by atoms with Crippen molar-refractivity contribution in [2.75, 3.05) is 7.05 Å². The molecule has 2 atom stereocenters. The minimum absolute atomic E-state index is 0.212. The van der Waals surface area contributed by atoms with Crippen LogP contribution in [0.5, 0.6) is 0 Å². The lowest BCUT2D eigenvalue weighted by atomic mass is 9.69. The Morgan fingerprint density at radius 2 is 2.16 bits per heavy atom. The zero-order valence-electron chi connectivity index (χ0n) is 11.2. The monoisotopic (exact) mass is 258 g/mol. The van der Waals surface area contributed by atoms with E-state index in [1.165, 1.54) is 0 Å². The average molecular weight is 258 g/mol. The van der Waals surface area contributed by atoms with Gasteiger partial charge in [-0.25, -0.2) is 4.85 Å². The first-order valence-electron chi connectivity index (χ1n) is 6.40. The summed E-state index contributed by atoms with van der Waals surface area (Å²) in [6, 6.07) is 7.05. The van der Waals surface area contributed by atoms with Crippen molar-refractivity contribution in [1.29, 1.82) is 0 Å². The first kappa shape index (κ1) is 13.7. The normalized spacial score (nSPS) is 30.9. The van der Waals surface area contributed by atoms with E-state index in [2.05, 4.69) is 10.2 Å². The third-order valence-corrected chi connectivity index (χ3v) is 3.99. The smallest absolute Gasteiger partial charge is 0.188 e. The average Bonchev–Trinajstić information content (AvgIpc) is 2.42. The maximum atomic E-state index is 12.6. The number of likely N-dealkylation sites (N-methyl/N-ethyl adjacent to an activating group) is 1. The standard InChI is InChI=1S/C15H18N2O2/c1-14(19)8-5-9-15(17-3,13(14)18)11-6-4-7-12(10-11)16-2/h4,6-7,10,17,19H,5,8-9H2,1,3H3. The van der Waals surface area contributed by atoms with Crippen molar-refractivity contribution < 1.29 is 9.90 Å². The largest absolute Gasteiger partial charge is 0.382 e. The van der Waals surface area contributed by atoms with Crippen LogP contribution in [0, 0.1) is 6.57 Å². The predicted octanol–water partition coefficient (Wildman–Crippen LogP) is 2.16. The summed E-state index contributed by atoms with van der Waals surface area (Å²) in [6.45, 7) is 8.64. The fourth-order valence-corrected chi connectivity index (χ4v) is 2.88. The first-order chi connectivity index (χ1) is 8.96. The summed E-state index contributed by atoms with van der Waals surface area (Å²) in [5, 5.41) is 13.3. The molecule has 0 aromatic heterocycles. The molecule has 1 aliphatic carbocycles. The maximum Gasteiger partial charge on any atom is 0.188 e. The van der Waals surface area contributed by atoms with E-state index < -0.39 is 11.1 Å². The Labute approximate surface area is 113 Å². The molecule has 1 saturated carbocycles. The van der Waals surface area contributed by atoms with Crippen LogP contribution in [0.1, 0.15) is 31.7 Å². The van der Waals surface area contributed by atoms with Crippen LogP contribution < -0.4 is 5.32 Å². The van der Waals surface area contributed by atoms with E-state index in [0.717, 1.165) is 12.0 Å². The van der Waals surface area contributed by atoms with Crippen LogP contribution in [0.2, 0.25) is 0 Å². The Morgan fingerprint density at radius 3 is 2.79 bits per heavy atom. The third-order valence-electron chi connectivity index (χ3n) is 3.99. The highest BCUT2D eigenvalue weighted by Crippen LogP contribution is 2.39. The fourth-order valence-electron chi connectivity index (χ4n) is 2.88. The molecule has 19 heavy (non-hydrogen) atoms. The second-order valence-corrected chi connectivity index (χ2v) is 5.27. The van der Waals surface area contributed by atoms with Crippen LogP contribution in [0.3, 0.4) is 0 Å². The highest BCUT2D eigenvalue weighted by atomic mass is 16.3. The quantitative estimate of drug-likeness (QED) is 0.799. The van der Waals surface area contributed by atoms with Gasteiger partial charge in [-0.15, -0.1) is 0 Å². The summed E-state index contributed by atoms with van der Waals surface area (Å²) in [7, 11) is 1.73. The van der Waals surface area contributed by atoms with Crippen LogP contribution in [0.25, 0.3) is 4.85 Å². The number of nitrogens with zero attached hydrogens (tertiary/aromatic N) is 1. The first-order valence-corrected chi connectivity index (χ1v) is 6.40. The molecule has 1 aromatic carbocycles. The highest BCUT2D eigenvalue weighted by Gasteiger charge is 2.50. The van der Waals surface area contributed by atoms with E-state index in [1.54, 1.807) is 32.2 Å². The lowest BCUT2D eigenvalue weighted by Crippen LogP contribution is -2.59. The van der Waals surface area contributed by atoms with Gasteiger partial charge < -0.3 is 10.4 Å². The molecule has 4 nitrogen and oxygen atoms in total. The molecule has 0 heterocycles. The van der Waals surface area contributed by atoms with E-state index in [4.69, 9.17) is 6.57 Å². The number of ketones is 1. The Balaban J connectivity index is 2.53. The number of Topliss-reactive ketones (excluding diaryl/α,β-unsaturated/α-hetero) is 1. The van der Waals surface area contributed by atoms with Crippen molar-refractivity contribution in [2.24, 2.45) is 0 Å². The number of aliphatic hydroxyl groups is 1. The SMILES string of the molecule is [C-]#[N+]c1cccc(C2(NC)CCCC(C)(O)C2=O)c1. The Kier molecular flexibility index (Phi) is 3.44. The zero-order valence-corrected chi connectivity index (χ0v) is 11.2. The van der Waals surface area contributed by atoms with Gasteiger partial charge >= 0.3 is 0 Å². The van der Waals surface area contributed by atoms with Gasteiger partial charge in [0.2, 0.25) is 0 Å². The number of benzene rings is 1. The molecule has 1 aliphatic rings. The van der Waals surface area contributed by atoms with Crippen molar-refractivity contribution in [3.63, 3.8) is 0 Å². The Morgan fingerprint density at radius 1 is 1.42 bits per heavy atom. The van der Waals surface area contributed by atoms with Crippen molar-refractivity contribution >= 4 is 11.5 Å². The molecule has 100 valence electrons. The highest BCUT2D eigenvalue weighted by molar-refractivity contribution is 5.97. The van der Waals surface area contributed by atoms with Gasteiger partial charge in [0.25, 0.3) is 0 Å². The predicted molar refractivity (Wildman–Crippen MR) is 72.9 cm³/mol. The van der Waals surface area contributed by atoms with E-state index >= 15 is 0 Å². The molecule has 0 aliphatic heterocycles. The molecular weight excluding hydrogens is 240 g/mol. The Bertz CT molecular complexity index is 545. The molecule has 1 fully saturated rings. The molecule has 0 amide bonds. The summed E-state index contributed by atoms with van der Waals surface area (Å²) in [5.74, 6) is -0.212. The summed E-state index contributed by atoms with van der Waals surface area (Å²) < 4.78 is 0. The minimum Gasteiger partial charge on any atom is -0.382 e. The molecule has 0 spiro atoms. The molecule has 4 heteroatoms. The van der Waals surface area contributed by atoms with Crippen LogP contribution in [0.15, 0.2) is 24.3 Å². The molecule has 0 radical (unpaired) electrons. The number of hydrogen-bond donors (Lipinski definition) is 2. The number of carbonyl (C=O) groups excluding carboxylic acids is 1. The van der Waals surface area contributed by atoms with E-state index in [1.807, 2.05) is 6.07 Å². The summed E-state index contributed by atoms with van der Waals surface area (Å²) in [6.07, 6.45) is 1.89. The van der Waals surface area contributed by atoms with Crippen molar-refractivity contribution in [1.82, 2.24) is 5.32 Å². The van der Waals surface area contributed by atoms with E-state index in [9.17, 15) is 9.90 Å². The molecule has 2 N–H and O–H groups in total. The van der Waals surface area contributed by atoms with Gasteiger partial charge in [0.05, 0.1) is 6.57 Å². The van der Waals surface area contributed by atoms with Gasteiger partial charge in [-0.05, 0) is 38.8 Å². The van der Waals surface area contributed by atoms with E-state index in [-0.39, 0.29) is 5.78 Å². The van der Waals surface area contributed by atoms with Gasteiger partial charge in [0.1, 0.15) is 11.1 Å². The van der Waals surface area contributed by atoms with Gasteiger partial charge in [0, 0.05) is 0 Å². The second kappa shape index (κ2) is 4.76. The topological polar surface area (TPSA) is 53.7 Å².